The second kappa shape index (κ2) is 7.24. The number of benzene rings is 2. The van der Waals surface area contributed by atoms with Gasteiger partial charge in [0.25, 0.3) is 11.8 Å². The van der Waals surface area contributed by atoms with E-state index in [4.69, 9.17) is 9.47 Å². The number of ether oxygens (including phenoxy) is 2. The van der Waals surface area contributed by atoms with E-state index in [-0.39, 0.29) is 36.2 Å². The maximum Gasteiger partial charge on any atom is 0.261 e. The van der Waals surface area contributed by atoms with E-state index in [2.05, 4.69) is 0 Å². The quantitative estimate of drug-likeness (QED) is 0.555. The number of amides is 3. The van der Waals surface area contributed by atoms with Gasteiger partial charge in [0.05, 0.1) is 43.9 Å². The van der Waals surface area contributed by atoms with Crippen LogP contribution in [0.15, 0.2) is 42.5 Å². The zero-order valence-corrected chi connectivity index (χ0v) is 16.5. The molecule has 1 fully saturated rings. The van der Waals surface area contributed by atoms with Gasteiger partial charge in [0, 0.05) is 18.2 Å². The van der Waals surface area contributed by atoms with Crippen molar-refractivity contribution < 1.29 is 23.9 Å². The number of hydrogen-bond donors (Lipinski definition) is 0. The zero-order valence-electron chi connectivity index (χ0n) is 16.5. The molecular formula is C22H22N2O5. The molecule has 0 spiro atoms. The Kier molecular flexibility index (Phi) is 4.74. The van der Waals surface area contributed by atoms with Gasteiger partial charge in [0.1, 0.15) is 11.5 Å². The van der Waals surface area contributed by atoms with Crippen molar-refractivity contribution in [3.8, 4) is 11.5 Å². The van der Waals surface area contributed by atoms with Crippen molar-refractivity contribution in [3.05, 3.63) is 59.2 Å². The summed E-state index contributed by atoms with van der Waals surface area (Å²) < 4.78 is 10.6. The van der Waals surface area contributed by atoms with Gasteiger partial charge in [-0.25, -0.2) is 0 Å². The Labute approximate surface area is 168 Å². The van der Waals surface area contributed by atoms with E-state index in [1.165, 1.54) is 4.90 Å². The summed E-state index contributed by atoms with van der Waals surface area (Å²) in [4.78, 5) is 40.8. The molecule has 2 heterocycles. The van der Waals surface area contributed by atoms with Crippen LogP contribution in [0, 0.1) is 5.92 Å². The summed E-state index contributed by atoms with van der Waals surface area (Å²) in [5.41, 5.74) is 1.67. The number of β-lactam (4-membered cyclic amide) rings is 1. The molecule has 2 aliphatic rings. The Morgan fingerprint density at radius 3 is 2.17 bits per heavy atom. The number of rotatable bonds is 6. The molecule has 0 bridgehead atoms. The number of likely N-dealkylation sites (tertiary alicyclic amines) is 1. The lowest BCUT2D eigenvalue weighted by Crippen LogP contribution is -2.63. The number of fused-ring (bicyclic) bond motifs is 1. The molecule has 7 heteroatoms. The monoisotopic (exact) mass is 394 g/mol. The van der Waals surface area contributed by atoms with Crippen molar-refractivity contribution in [2.45, 2.75) is 19.5 Å². The minimum absolute atomic E-state index is 0.00974. The van der Waals surface area contributed by atoms with Crippen LogP contribution >= 0.6 is 0 Å². The van der Waals surface area contributed by atoms with Crippen LogP contribution in [0.4, 0.5) is 0 Å². The highest BCUT2D eigenvalue weighted by molar-refractivity contribution is 6.21. The molecule has 4 rings (SSSR count). The SMILES string of the molecule is COc1ccc(CN2C(=O)[C@@H](C)C2CN2C(=O)c3ccccc3C2=O)c(OC)c1. The third kappa shape index (κ3) is 3.03. The normalized spacial score (nSPS) is 20.6. The van der Waals surface area contributed by atoms with Crippen molar-refractivity contribution in [1.29, 1.82) is 0 Å². The van der Waals surface area contributed by atoms with Gasteiger partial charge in [-0.15, -0.1) is 0 Å². The van der Waals surface area contributed by atoms with Gasteiger partial charge in [-0.1, -0.05) is 19.1 Å². The summed E-state index contributed by atoms with van der Waals surface area (Å²) >= 11 is 0. The third-order valence-corrected chi connectivity index (χ3v) is 5.73. The van der Waals surface area contributed by atoms with Gasteiger partial charge in [-0.3, -0.25) is 19.3 Å². The maximum atomic E-state index is 12.7. The number of imide groups is 1. The Balaban J connectivity index is 1.54. The first kappa shape index (κ1) is 19.0. The number of nitrogens with zero attached hydrogens (tertiary/aromatic N) is 2. The summed E-state index contributed by atoms with van der Waals surface area (Å²) in [6.45, 7) is 2.34. The molecule has 2 aliphatic heterocycles. The molecule has 0 aromatic heterocycles. The van der Waals surface area contributed by atoms with Gasteiger partial charge >= 0.3 is 0 Å². The second-order valence-corrected chi connectivity index (χ2v) is 7.27. The van der Waals surface area contributed by atoms with Crippen LogP contribution in [-0.2, 0) is 11.3 Å². The van der Waals surface area contributed by atoms with E-state index < -0.39 is 0 Å². The van der Waals surface area contributed by atoms with Gasteiger partial charge in [-0.2, -0.15) is 0 Å². The summed E-state index contributed by atoms with van der Waals surface area (Å²) in [5.74, 6) is 0.402. The summed E-state index contributed by atoms with van der Waals surface area (Å²) in [6, 6.07) is 12.0. The Bertz CT molecular complexity index is 967. The lowest BCUT2D eigenvalue weighted by molar-refractivity contribution is -0.156. The molecule has 7 nitrogen and oxygen atoms in total. The third-order valence-electron chi connectivity index (χ3n) is 5.73. The van der Waals surface area contributed by atoms with E-state index in [0.29, 0.717) is 29.2 Å². The van der Waals surface area contributed by atoms with Gasteiger partial charge < -0.3 is 14.4 Å². The maximum absolute atomic E-state index is 12.7. The number of carbonyl (C=O) groups is 3. The predicted molar refractivity (Wildman–Crippen MR) is 105 cm³/mol. The van der Waals surface area contributed by atoms with Crippen LogP contribution in [-0.4, -0.2) is 54.3 Å². The average Bonchev–Trinajstić information content (AvgIpc) is 3.00. The van der Waals surface area contributed by atoms with Crippen LogP contribution in [0.1, 0.15) is 33.2 Å². The predicted octanol–water partition coefficient (Wildman–Crippen LogP) is 2.35. The lowest BCUT2D eigenvalue weighted by atomic mass is 9.88. The molecule has 0 saturated carbocycles. The van der Waals surface area contributed by atoms with Crippen molar-refractivity contribution >= 4 is 17.7 Å². The fourth-order valence-electron chi connectivity index (χ4n) is 3.99. The van der Waals surface area contributed by atoms with Crippen molar-refractivity contribution in [2.24, 2.45) is 5.92 Å². The average molecular weight is 394 g/mol. The Morgan fingerprint density at radius 2 is 1.59 bits per heavy atom. The highest BCUT2D eigenvalue weighted by Crippen LogP contribution is 2.34. The van der Waals surface area contributed by atoms with Crippen molar-refractivity contribution in [3.63, 3.8) is 0 Å². The van der Waals surface area contributed by atoms with Gasteiger partial charge in [0.2, 0.25) is 5.91 Å². The first-order valence-corrected chi connectivity index (χ1v) is 9.43. The molecule has 0 N–H and O–H groups in total. The minimum atomic E-state index is -0.306. The van der Waals surface area contributed by atoms with Crippen LogP contribution in [0.3, 0.4) is 0 Å². The fraction of sp³-hybridized carbons (Fsp3) is 0.318. The molecule has 0 aliphatic carbocycles. The summed E-state index contributed by atoms with van der Waals surface area (Å²) in [5, 5.41) is 0. The Morgan fingerprint density at radius 1 is 0.931 bits per heavy atom. The fourth-order valence-corrected chi connectivity index (χ4v) is 3.99. The Hall–Kier alpha value is -3.35. The largest absolute Gasteiger partial charge is 0.497 e. The highest BCUT2D eigenvalue weighted by Gasteiger charge is 2.48. The molecule has 29 heavy (non-hydrogen) atoms. The number of methoxy groups -OCH3 is 2. The van der Waals surface area contributed by atoms with Gasteiger partial charge in [-0.05, 0) is 24.3 Å². The van der Waals surface area contributed by atoms with Crippen LogP contribution < -0.4 is 9.47 Å². The van der Waals surface area contributed by atoms with Crippen molar-refractivity contribution in [1.82, 2.24) is 9.80 Å². The smallest absolute Gasteiger partial charge is 0.261 e. The van der Waals surface area contributed by atoms with E-state index in [1.807, 2.05) is 19.1 Å². The molecule has 2 atom stereocenters. The topological polar surface area (TPSA) is 76.2 Å². The lowest BCUT2D eigenvalue weighted by Gasteiger charge is -2.47. The molecule has 0 radical (unpaired) electrons. The molecule has 2 aromatic rings. The molecular weight excluding hydrogens is 372 g/mol. The second-order valence-electron chi connectivity index (χ2n) is 7.27. The molecule has 1 unspecified atom stereocenters. The highest BCUT2D eigenvalue weighted by atomic mass is 16.5. The molecule has 3 amide bonds. The first-order valence-electron chi connectivity index (χ1n) is 9.43. The van der Waals surface area contributed by atoms with Crippen LogP contribution in [0.2, 0.25) is 0 Å². The molecule has 150 valence electrons. The van der Waals surface area contributed by atoms with E-state index in [0.717, 1.165) is 5.56 Å². The van der Waals surface area contributed by atoms with Gasteiger partial charge in [0.15, 0.2) is 0 Å². The van der Waals surface area contributed by atoms with E-state index >= 15 is 0 Å². The summed E-state index contributed by atoms with van der Waals surface area (Å²) in [7, 11) is 3.14. The van der Waals surface area contributed by atoms with Crippen LogP contribution in [0.5, 0.6) is 11.5 Å². The minimum Gasteiger partial charge on any atom is -0.497 e. The molecule has 1 saturated heterocycles. The number of carbonyl (C=O) groups excluding carboxylic acids is 3. The zero-order chi connectivity index (χ0) is 20.7. The summed E-state index contributed by atoms with van der Waals surface area (Å²) in [6.07, 6.45) is 0. The van der Waals surface area contributed by atoms with E-state index in [9.17, 15) is 14.4 Å². The van der Waals surface area contributed by atoms with Crippen molar-refractivity contribution in [2.75, 3.05) is 20.8 Å². The standard InChI is InChI=1S/C22H22N2O5/c1-13-18(12-24-21(26)16-6-4-5-7-17(16)22(24)27)23(20(13)25)11-14-8-9-15(28-2)10-19(14)29-3/h4-10,13,18H,11-12H2,1-3H3/t13-,18?/m0/s1. The van der Waals surface area contributed by atoms with E-state index in [1.54, 1.807) is 49.5 Å². The molecule has 2 aromatic carbocycles. The van der Waals surface area contributed by atoms with Crippen LogP contribution in [0.25, 0.3) is 0 Å². The first-order chi connectivity index (χ1) is 14.0. The number of hydrogen-bond acceptors (Lipinski definition) is 5.